The average Bonchev–Trinajstić information content (AvgIpc) is 3.13. The van der Waals surface area contributed by atoms with Crippen molar-refractivity contribution >= 4 is 17.5 Å². The third-order valence-corrected chi connectivity index (χ3v) is 4.83. The number of amides is 1. The molecule has 1 aliphatic rings. The Bertz CT molecular complexity index is 1040. The number of carbonyl (C=O) groups is 1. The van der Waals surface area contributed by atoms with Gasteiger partial charge in [-0.2, -0.15) is 4.68 Å². The molecule has 1 atom stereocenters. The number of hydrogen-bond donors (Lipinski definition) is 2. The largest absolute Gasteiger partial charge is 0.326 e. The van der Waals surface area contributed by atoms with Crippen molar-refractivity contribution in [3.63, 3.8) is 0 Å². The molecule has 0 bridgehead atoms. The van der Waals surface area contributed by atoms with E-state index in [2.05, 4.69) is 31.1 Å². The minimum Gasteiger partial charge on any atom is -0.326 e. The topological polar surface area (TPSA) is 97.6 Å². The summed E-state index contributed by atoms with van der Waals surface area (Å²) in [7, 11) is 0. The summed E-state index contributed by atoms with van der Waals surface area (Å²) in [6, 6.07) is 9.13. The maximum Gasteiger partial charge on any atom is 0.255 e. The van der Waals surface area contributed by atoms with Gasteiger partial charge in [0.1, 0.15) is 6.04 Å². The molecule has 3 aromatic rings. The Morgan fingerprint density at radius 2 is 1.93 bits per heavy atom. The van der Waals surface area contributed by atoms with E-state index in [4.69, 9.17) is 0 Å². The lowest BCUT2D eigenvalue weighted by Gasteiger charge is -2.28. The van der Waals surface area contributed by atoms with Crippen LogP contribution in [0.1, 0.15) is 29.7 Å². The fourth-order valence-electron chi connectivity index (χ4n) is 3.24. The van der Waals surface area contributed by atoms with Gasteiger partial charge in [0.2, 0.25) is 5.95 Å². The molecule has 1 aliphatic heterocycles. The van der Waals surface area contributed by atoms with Gasteiger partial charge >= 0.3 is 0 Å². The summed E-state index contributed by atoms with van der Waals surface area (Å²) in [5.74, 6) is 0.300. The number of aryl methyl sites for hydroxylation is 1. The maximum atomic E-state index is 13.3. The van der Waals surface area contributed by atoms with Gasteiger partial charge in [0.25, 0.3) is 5.91 Å². The molecule has 1 aromatic carbocycles. The zero-order chi connectivity index (χ0) is 19.0. The minimum absolute atomic E-state index is 0.198. The maximum absolute atomic E-state index is 13.3. The minimum atomic E-state index is -0.440. The normalized spacial score (nSPS) is 15.9. The second-order valence-corrected chi connectivity index (χ2v) is 6.50. The molecule has 0 aliphatic carbocycles. The van der Waals surface area contributed by atoms with Crippen LogP contribution >= 0.6 is 0 Å². The first kappa shape index (κ1) is 16.9. The first-order chi connectivity index (χ1) is 13.1. The lowest BCUT2D eigenvalue weighted by atomic mass is 9.95. The first-order valence-corrected chi connectivity index (χ1v) is 8.59. The molecule has 8 heteroatoms. The Labute approximate surface area is 156 Å². The Morgan fingerprint density at radius 1 is 1.15 bits per heavy atom. The molecule has 0 unspecified atom stereocenters. The molecular weight excluding hydrogens is 342 g/mol. The fourth-order valence-corrected chi connectivity index (χ4v) is 3.24. The van der Waals surface area contributed by atoms with Crippen molar-refractivity contribution in [1.29, 1.82) is 0 Å². The van der Waals surface area contributed by atoms with Crippen molar-refractivity contribution < 1.29 is 4.79 Å². The van der Waals surface area contributed by atoms with E-state index in [1.807, 2.05) is 51.1 Å². The highest BCUT2D eigenvalue weighted by Gasteiger charge is 2.34. The number of fused-ring (bicyclic) bond motifs is 1. The van der Waals surface area contributed by atoms with Gasteiger partial charge in [0.05, 0.1) is 5.57 Å². The third-order valence-electron chi connectivity index (χ3n) is 4.83. The van der Waals surface area contributed by atoms with Crippen LogP contribution < -0.4 is 10.6 Å². The number of rotatable bonds is 3. The van der Waals surface area contributed by atoms with Crippen molar-refractivity contribution in [3.8, 4) is 0 Å². The third kappa shape index (κ3) is 2.95. The lowest BCUT2D eigenvalue weighted by Crippen LogP contribution is -2.31. The van der Waals surface area contributed by atoms with E-state index < -0.39 is 6.04 Å². The summed E-state index contributed by atoms with van der Waals surface area (Å²) >= 11 is 0. The van der Waals surface area contributed by atoms with E-state index in [0.29, 0.717) is 17.2 Å². The summed E-state index contributed by atoms with van der Waals surface area (Å²) in [4.78, 5) is 17.3. The highest BCUT2D eigenvalue weighted by atomic mass is 16.1. The molecule has 0 saturated carbocycles. The number of pyridine rings is 1. The molecule has 2 aromatic heterocycles. The quantitative estimate of drug-likeness (QED) is 0.744. The Balaban J connectivity index is 1.77. The summed E-state index contributed by atoms with van der Waals surface area (Å²) in [6.45, 7) is 5.86. The van der Waals surface area contributed by atoms with Gasteiger partial charge in [0.15, 0.2) is 0 Å². The van der Waals surface area contributed by atoms with E-state index >= 15 is 0 Å². The monoisotopic (exact) mass is 361 g/mol. The standard InChI is InChI=1S/C19H19N7O/c1-11-5-4-6-15(12(11)2)22-18(27)16-13(3)21-19-23-24-25-26(19)17(16)14-7-9-20-10-8-14/h4-10,17H,1-3H3,(H,22,27)(H,21,23,25)/t17-/m0/s1. The molecule has 1 amide bonds. The van der Waals surface area contributed by atoms with Crippen LogP contribution in [0.4, 0.5) is 11.6 Å². The predicted molar refractivity (Wildman–Crippen MR) is 101 cm³/mol. The van der Waals surface area contributed by atoms with E-state index in [9.17, 15) is 4.79 Å². The lowest BCUT2D eigenvalue weighted by molar-refractivity contribution is -0.113. The number of nitrogens with zero attached hydrogens (tertiary/aromatic N) is 5. The number of aromatic nitrogens is 5. The molecular formula is C19H19N7O. The van der Waals surface area contributed by atoms with Crippen molar-refractivity contribution in [2.24, 2.45) is 0 Å². The zero-order valence-corrected chi connectivity index (χ0v) is 15.3. The molecule has 27 heavy (non-hydrogen) atoms. The average molecular weight is 361 g/mol. The molecule has 0 spiro atoms. The second-order valence-electron chi connectivity index (χ2n) is 6.50. The van der Waals surface area contributed by atoms with E-state index in [-0.39, 0.29) is 5.91 Å². The van der Waals surface area contributed by atoms with Crippen LogP contribution in [0.5, 0.6) is 0 Å². The van der Waals surface area contributed by atoms with Crippen LogP contribution in [0.3, 0.4) is 0 Å². The number of hydrogen-bond acceptors (Lipinski definition) is 6. The highest BCUT2D eigenvalue weighted by molar-refractivity contribution is 6.06. The summed E-state index contributed by atoms with van der Waals surface area (Å²) in [6.07, 6.45) is 3.38. The summed E-state index contributed by atoms with van der Waals surface area (Å²) in [5.41, 5.74) is 5.09. The molecule has 4 rings (SSSR count). The van der Waals surface area contributed by atoms with E-state index in [1.165, 1.54) is 0 Å². The fraction of sp³-hybridized carbons (Fsp3) is 0.211. The number of allylic oxidation sites excluding steroid dienone is 1. The molecule has 3 heterocycles. The second kappa shape index (κ2) is 6.64. The zero-order valence-electron chi connectivity index (χ0n) is 15.3. The van der Waals surface area contributed by atoms with Crippen LogP contribution in [0.15, 0.2) is 54.0 Å². The van der Waals surface area contributed by atoms with E-state index in [1.54, 1.807) is 17.1 Å². The number of carbonyl (C=O) groups excluding carboxylic acids is 1. The van der Waals surface area contributed by atoms with Crippen LogP contribution in [0.2, 0.25) is 0 Å². The molecule has 0 radical (unpaired) electrons. The number of anilines is 2. The SMILES string of the molecule is CC1=C(C(=O)Nc2cccc(C)c2C)[C@H](c2ccncc2)n2nnnc2N1. The Hall–Kier alpha value is -3.55. The highest BCUT2D eigenvalue weighted by Crippen LogP contribution is 2.34. The number of nitrogens with one attached hydrogen (secondary N) is 2. The van der Waals surface area contributed by atoms with Gasteiger partial charge in [0, 0.05) is 23.8 Å². The van der Waals surface area contributed by atoms with Crippen molar-refractivity contribution in [3.05, 3.63) is 70.7 Å². The van der Waals surface area contributed by atoms with Crippen molar-refractivity contribution in [1.82, 2.24) is 25.2 Å². The van der Waals surface area contributed by atoms with Crippen LogP contribution in [0, 0.1) is 13.8 Å². The van der Waals surface area contributed by atoms with Crippen molar-refractivity contribution in [2.75, 3.05) is 10.6 Å². The van der Waals surface area contributed by atoms with Gasteiger partial charge in [-0.3, -0.25) is 9.78 Å². The number of tetrazole rings is 1. The molecule has 2 N–H and O–H groups in total. The molecule has 136 valence electrons. The predicted octanol–water partition coefficient (Wildman–Crippen LogP) is 2.61. The van der Waals surface area contributed by atoms with Crippen LogP contribution in [-0.4, -0.2) is 31.1 Å². The number of benzene rings is 1. The smallest absolute Gasteiger partial charge is 0.255 e. The van der Waals surface area contributed by atoms with E-state index in [0.717, 1.165) is 22.4 Å². The van der Waals surface area contributed by atoms with Crippen molar-refractivity contribution in [2.45, 2.75) is 26.8 Å². The first-order valence-electron chi connectivity index (χ1n) is 8.59. The van der Waals surface area contributed by atoms with Gasteiger partial charge in [-0.15, -0.1) is 0 Å². The van der Waals surface area contributed by atoms with Crippen LogP contribution in [-0.2, 0) is 4.79 Å². The van der Waals surface area contributed by atoms with Gasteiger partial charge in [-0.1, -0.05) is 17.2 Å². The molecule has 0 saturated heterocycles. The van der Waals surface area contributed by atoms with Gasteiger partial charge in [-0.05, 0) is 66.1 Å². The van der Waals surface area contributed by atoms with Crippen LogP contribution in [0.25, 0.3) is 0 Å². The molecule has 0 fully saturated rings. The Kier molecular flexibility index (Phi) is 4.15. The summed E-state index contributed by atoms with van der Waals surface area (Å²) in [5, 5.41) is 18.0. The molecule has 8 nitrogen and oxygen atoms in total. The van der Waals surface area contributed by atoms with Gasteiger partial charge in [-0.25, -0.2) is 0 Å². The summed E-state index contributed by atoms with van der Waals surface area (Å²) < 4.78 is 1.61. The Morgan fingerprint density at radius 3 is 2.70 bits per heavy atom. The van der Waals surface area contributed by atoms with Gasteiger partial charge < -0.3 is 10.6 Å².